The van der Waals surface area contributed by atoms with Crippen LogP contribution in [0.1, 0.15) is 46.0 Å². The maximum Gasteiger partial charge on any atom is 0.235 e. The van der Waals surface area contributed by atoms with E-state index in [1.54, 1.807) is 0 Å². The molecule has 1 saturated carbocycles. The lowest BCUT2D eigenvalue weighted by molar-refractivity contribution is -0.121. The van der Waals surface area contributed by atoms with Crippen LogP contribution in [0.2, 0.25) is 0 Å². The summed E-state index contributed by atoms with van der Waals surface area (Å²) in [6.45, 7) is 5.74. The van der Waals surface area contributed by atoms with Gasteiger partial charge in [0.15, 0.2) is 0 Å². The van der Waals surface area contributed by atoms with Crippen molar-refractivity contribution in [2.45, 2.75) is 58.0 Å². The Morgan fingerprint density at radius 1 is 1.18 bits per heavy atom. The topological polar surface area (TPSA) is 44.4 Å². The van der Waals surface area contributed by atoms with Gasteiger partial charge in [0.1, 0.15) is 0 Å². The minimum Gasteiger partial charge on any atom is -0.355 e. The fraction of sp³-hybridized carbons (Fsp3) is 0.923. The zero-order valence-corrected chi connectivity index (χ0v) is 11.0. The van der Waals surface area contributed by atoms with Crippen molar-refractivity contribution >= 4 is 5.91 Å². The molecule has 2 rings (SSSR count). The van der Waals surface area contributed by atoms with E-state index in [9.17, 15) is 4.79 Å². The van der Waals surface area contributed by atoms with E-state index in [0.717, 1.165) is 12.5 Å². The van der Waals surface area contributed by atoms with Crippen molar-refractivity contribution in [3.63, 3.8) is 0 Å². The summed E-state index contributed by atoms with van der Waals surface area (Å²) >= 11 is 0. The molecule has 0 spiro atoms. The van der Waals surface area contributed by atoms with Gasteiger partial charge in [0.2, 0.25) is 5.91 Å². The highest BCUT2D eigenvalue weighted by atomic mass is 16.2. The fourth-order valence-electron chi connectivity index (χ4n) is 2.54. The molecule has 0 aromatic carbocycles. The zero-order chi connectivity index (χ0) is 12.3. The van der Waals surface area contributed by atoms with E-state index in [0.29, 0.717) is 18.6 Å². The van der Waals surface area contributed by atoms with Gasteiger partial charge in [-0.15, -0.1) is 0 Å². The summed E-state index contributed by atoms with van der Waals surface area (Å²) in [5.74, 6) is 0.883. The molecule has 0 bridgehead atoms. The van der Waals surface area contributed by atoms with E-state index in [4.69, 9.17) is 0 Å². The number of carbonyl (C=O) groups excluding carboxylic acids is 1. The van der Waals surface area contributed by atoms with E-state index in [1.165, 1.54) is 32.1 Å². The smallest absolute Gasteiger partial charge is 0.235 e. The molecular formula is C13H25N3O. The largest absolute Gasteiger partial charge is 0.355 e. The lowest BCUT2D eigenvalue weighted by Crippen LogP contribution is -2.54. The first-order chi connectivity index (χ1) is 8.16. The van der Waals surface area contributed by atoms with Gasteiger partial charge in [-0.25, -0.2) is 10.4 Å². The Bertz CT molecular complexity index is 255. The predicted molar refractivity (Wildman–Crippen MR) is 68.4 cm³/mol. The molecule has 2 fully saturated rings. The van der Waals surface area contributed by atoms with Crippen molar-refractivity contribution in [3.05, 3.63) is 0 Å². The molecule has 1 aliphatic carbocycles. The van der Waals surface area contributed by atoms with E-state index < -0.39 is 0 Å². The van der Waals surface area contributed by atoms with E-state index >= 15 is 0 Å². The van der Waals surface area contributed by atoms with Gasteiger partial charge in [0.05, 0.1) is 6.54 Å². The van der Waals surface area contributed by atoms with Crippen LogP contribution >= 0.6 is 0 Å². The number of hydrazine groups is 1. The molecule has 0 radical (unpaired) electrons. The van der Waals surface area contributed by atoms with Crippen molar-refractivity contribution in [1.29, 1.82) is 0 Å². The first kappa shape index (κ1) is 12.8. The summed E-state index contributed by atoms with van der Waals surface area (Å²) in [6.07, 6.45) is 6.32. The molecule has 17 heavy (non-hydrogen) atoms. The second-order valence-corrected chi connectivity index (χ2v) is 5.62. The van der Waals surface area contributed by atoms with Gasteiger partial charge in [0.25, 0.3) is 0 Å². The lowest BCUT2D eigenvalue weighted by atomic mass is 10.00. The number of amides is 1. The van der Waals surface area contributed by atoms with Crippen LogP contribution in [0.15, 0.2) is 0 Å². The molecular weight excluding hydrogens is 214 g/mol. The molecule has 2 aliphatic rings. The first-order valence-electron chi connectivity index (χ1n) is 6.95. The van der Waals surface area contributed by atoms with E-state index in [2.05, 4.69) is 29.6 Å². The van der Waals surface area contributed by atoms with Gasteiger partial charge in [-0.05, 0) is 45.4 Å². The number of rotatable bonds is 5. The number of nitrogens with zero attached hydrogens (tertiary/aromatic N) is 1. The number of nitrogens with one attached hydrogen (secondary N) is 2. The van der Waals surface area contributed by atoms with Gasteiger partial charge in [-0.3, -0.25) is 4.79 Å². The summed E-state index contributed by atoms with van der Waals surface area (Å²) in [4.78, 5) is 11.6. The molecule has 1 amide bonds. The molecule has 98 valence electrons. The average molecular weight is 239 g/mol. The summed E-state index contributed by atoms with van der Waals surface area (Å²) in [6, 6.07) is 1.07. The third kappa shape index (κ3) is 3.96. The normalized spacial score (nSPS) is 30.2. The third-order valence-corrected chi connectivity index (χ3v) is 3.90. The Labute approximate surface area is 104 Å². The summed E-state index contributed by atoms with van der Waals surface area (Å²) in [7, 11) is 0. The molecule has 2 N–H and O–H groups in total. The number of piperidine rings is 1. The maximum atomic E-state index is 11.6. The van der Waals surface area contributed by atoms with Crippen molar-refractivity contribution in [3.8, 4) is 0 Å². The van der Waals surface area contributed by atoms with Crippen LogP contribution in [0.3, 0.4) is 0 Å². The molecule has 4 nitrogen and oxygen atoms in total. The van der Waals surface area contributed by atoms with E-state index in [1.807, 2.05) is 0 Å². The van der Waals surface area contributed by atoms with Crippen LogP contribution in [0.4, 0.5) is 0 Å². The molecule has 4 heteroatoms. The second kappa shape index (κ2) is 5.83. The molecule has 2 atom stereocenters. The Kier molecular flexibility index (Phi) is 4.40. The molecule has 2 unspecified atom stereocenters. The van der Waals surface area contributed by atoms with Crippen molar-refractivity contribution in [2.24, 2.45) is 5.92 Å². The average Bonchev–Trinajstić information content (AvgIpc) is 3.09. The minimum absolute atomic E-state index is 0.127. The van der Waals surface area contributed by atoms with Crippen LogP contribution < -0.4 is 10.7 Å². The Hall–Kier alpha value is -0.610. The third-order valence-electron chi connectivity index (χ3n) is 3.90. The van der Waals surface area contributed by atoms with Crippen molar-refractivity contribution in [1.82, 2.24) is 15.8 Å². The highest BCUT2D eigenvalue weighted by Crippen LogP contribution is 2.27. The lowest BCUT2D eigenvalue weighted by Gasteiger charge is -2.38. The standard InChI is InChI=1S/C13H25N3O/c1-10-4-3-5-11(2)16(10)15-9-13(17)14-8-12-6-7-12/h10-12,15H,3-9H2,1-2H3,(H,14,17). The molecule has 1 saturated heterocycles. The van der Waals surface area contributed by atoms with Crippen LogP contribution in [-0.2, 0) is 4.79 Å². The molecule has 0 aromatic rings. The fourth-order valence-corrected chi connectivity index (χ4v) is 2.54. The molecule has 1 aliphatic heterocycles. The van der Waals surface area contributed by atoms with Crippen LogP contribution in [0.5, 0.6) is 0 Å². The monoisotopic (exact) mass is 239 g/mol. The van der Waals surface area contributed by atoms with Gasteiger partial charge in [0, 0.05) is 18.6 Å². The van der Waals surface area contributed by atoms with Crippen LogP contribution in [0, 0.1) is 5.92 Å². The Morgan fingerprint density at radius 3 is 2.41 bits per heavy atom. The van der Waals surface area contributed by atoms with Crippen molar-refractivity contribution in [2.75, 3.05) is 13.1 Å². The van der Waals surface area contributed by atoms with Crippen LogP contribution in [-0.4, -0.2) is 36.1 Å². The van der Waals surface area contributed by atoms with Gasteiger partial charge < -0.3 is 5.32 Å². The maximum absolute atomic E-state index is 11.6. The van der Waals surface area contributed by atoms with Gasteiger partial charge in [-0.1, -0.05) is 6.42 Å². The van der Waals surface area contributed by atoms with E-state index in [-0.39, 0.29) is 5.91 Å². The summed E-state index contributed by atoms with van der Waals surface area (Å²) in [5, 5.41) is 5.24. The number of hydrogen-bond donors (Lipinski definition) is 2. The van der Waals surface area contributed by atoms with Gasteiger partial charge in [-0.2, -0.15) is 0 Å². The number of carbonyl (C=O) groups is 1. The highest BCUT2D eigenvalue weighted by Gasteiger charge is 2.25. The summed E-state index contributed by atoms with van der Waals surface area (Å²) in [5.41, 5.74) is 3.29. The minimum atomic E-state index is 0.127. The summed E-state index contributed by atoms with van der Waals surface area (Å²) < 4.78 is 0. The quantitative estimate of drug-likeness (QED) is 0.759. The van der Waals surface area contributed by atoms with Crippen molar-refractivity contribution < 1.29 is 4.79 Å². The first-order valence-corrected chi connectivity index (χ1v) is 6.95. The Balaban J connectivity index is 1.66. The number of hydrogen-bond acceptors (Lipinski definition) is 3. The van der Waals surface area contributed by atoms with Gasteiger partial charge >= 0.3 is 0 Å². The zero-order valence-electron chi connectivity index (χ0n) is 11.0. The second-order valence-electron chi connectivity index (χ2n) is 5.62. The molecule has 0 aromatic heterocycles. The van der Waals surface area contributed by atoms with Crippen LogP contribution in [0.25, 0.3) is 0 Å². The Morgan fingerprint density at radius 2 is 1.82 bits per heavy atom. The molecule has 1 heterocycles. The predicted octanol–water partition coefficient (Wildman–Crippen LogP) is 1.28. The highest BCUT2D eigenvalue weighted by molar-refractivity contribution is 5.77. The SMILES string of the molecule is CC1CCCC(C)N1NCC(=O)NCC1CC1.